The quantitative estimate of drug-likeness (QED) is 0.903. The highest BCUT2D eigenvalue weighted by Gasteiger charge is 2.36. The lowest BCUT2D eigenvalue weighted by Crippen LogP contribution is -2.43. The highest BCUT2D eigenvalue weighted by Crippen LogP contribution is 2.31. The molecular formula is C18H23N5O2. The van der Waals surface area contributed by atoms with Crippen molar-refractivity contribution in [3.8, 4) is 0 Å². The first-order chi connectivity index (χ1) is 12.2. The number of amides is 1. The number of ether oxygens (including phenoxy) is 1. The zero-order chi connectivity index (χ0) is 17.2. The largest absolute Gasteiger partial charge is 0.380 e. The van der Waals surface area contributed by atoms with Crippen LogP contribution in [0.1, 0.15) is 29.4 Å². The number of likely N-dealkylation sites (tertiary alicyclic amines) is 1. The maximum Gasteiger partial charge on any atom is 0.237 e. The maximum atomic E-state index is 12.9. The number of nitrogens with one attached hydrogen (secondary N) is 1. The van der Waals surface area contributed by atoms with Crippen molar-refractivity contribution in [1.29, 1.82) is 0 Å². The van der Waals surface area contributed by atoms with Gasteiger partial charge in [0.1, 0.15) is 12.2 Å². The molecule has 3 heterocycles. The number of H-pyrrole nitrogens is 1. The summed E-state index contributed by atoms with van der Waals surface area (Å²) in [6.07, 6.45) is 3.37. The smallest absolute Gasteiger partial charge is 0.237 e. The van der Waals surface area contributed by atoms with Crippen molar-refractivity contribution in [3.05, 3.63) is 47.5 Å². The van der Waals surface area contributed by atoms with Crippen molar-refractivity contribution in [2.75, 3.05) is 26.7 Å². The Kier molecular flexibility index (Phi) is 4.50. The Balaban J connectivity index is 1.44. The summed E-state index contributed by atoms with van der Waals surface area (Å²) in [5.74, 6) is 0.965. The van der Waals surface area contributed by atoms with E-state index in [0.29, 0.717) is 13.1 Å². The molecule has 0 saturated carbocycles. The predicted octanol–water partition coefficient (Wildman–Crippen LogP) is 1.15. The average molecular weight is 341 g/mol. The molecule has 1 aromatic carbocycles. The molecule has 2 aromatic rings. The third-order valence-electron chi connectivity index (χ3n) is 5.27. The van der Waals surface area contributed by atoms with Crippen molar-refractivity contribution in [3.63, 3.8) is 0 Å². The molecular weight excluding hydrogens is 318 g/mol. The summed E-state index contributed by atoms with van der Waals surface area (Å²) in [7, 11) is 1.72. The van der Waals surface area contributed by atoms with Crippen LogP contribution in [0.15, 0.2) is 30.6 Å². The molecule has 2 aliphatic heterocycles. The fraction of sp³-hybridized carbons (Fsp3) is 0.500. The third-order valence-corrected chi connectivity index (χ3v) is 5.27. The number of methoxy groups -OCH3 is 1. The molecule has 1 N–H and O–H groups in total. The Bertz CT molecular complexity index is 733. The molecule has 2 atom stereocenters. The Morgan fingerprint density at radius 2 is 2.20 bits per heavy atom. The molecule has 1 saturated heterocycles. The van der Waals surface area contributed by atoms with E-state index in [9.17, 15) is 4.79 Å². The number of nitrogens with zero attached hydrogens (tertiary/aromatic N) is 4. The average Bonchev–Trinajstić information content (AvgIpc) is 3.30. The zero-order valence-corrected chi connectivity index (χ0v) is 14.4. The van der Waals surface area contributed by atoms with E-state index >= 15 is 0 Å². The fourth-order valence-corrected chi connectivity index (χ4v) is 3.85. The number of carbonyl (C=O) groups is 1. The monoisotopic (exact) mass is 341 g/mol. The molecule has 1 amide bonds. The lowest BCUT2D eigenvalue weighted by Gasteiger charge is -2.31. The molecule has 0 aliphatic carbocycles. The van der Waals surface area contributed by atoms with Crippen molar-refractivity contribution >= 4 is 5.91 Å². The van der Waals surface area contributed by atoms with Crippen molar-refractivity contribution < 1.29 is 9.53 Å². The molecule has 0 radical (unpaired) electrons. The van der Waals surface area contributed by atoms with Crippen LogP contribution in [0.25, 0.3) is 0 Å². The molecule has 4 rings (SSSR count). The molecule has 0 unspecified atom stereocenters. The number of aromatic amines is 1. The Labute approximate surface area is 147 Å². The van der Waals surface area contributed by atoms with Gasteiger partial charge in [0.25, 0.3) is 0 Å². The van der Waals surface area contributed by atoms with Gasteiger partial charge >= 0.3 is 0 Å². The van der Waals surface area contributed by atoms with Gasteiger partial charge < -0.3 is 9.64 Å². The van der Waals surface area contributed by atoms with Gasteiger partial charge in [-0.1, -0.05) is 24.3 Å². The van der Waals surface area contributed by atoms with E-state index in [-0.39, 0.29) is 18.1 Å². The summed E-state index contributed by atoms with van der Waals surface area (Å²) in [6, 6.07) is 8.42. The summed E-state index contributed by atoms with van der Waals surface area (Å²) in [4.78, 5) is 21.3. The van der Waals surface area contributed by atoms with Crippen molar-refractivity contribution in [2.24, 2.45) is 0 Å². The van der Waals surface area contributed by atoms with E-state index in [1.807, 2.05) is 11.0 Å². The third kappa shape index (κ3) is 3.29. The summed E-state index contributed by atoms with van der Waals surface area (Å²) >= 11 is 0. The molecule has 2 aliphatic rings. The van der Waals surface area contributed by atoms with E-state index in [0.717, 1.165) is 31.8 Å². The second-order valence-corrected chi connectivity index (χ2v) is 6.74. The van der Waals surface area contributed by atoms with Crippen LogP contribution in [0.4, 0.5) is 0 Å². The first kappa shape index (κ1) is 16.2. The highest BCUT2D eigenvalue weighted by atomic mass is 16.5. The number of fused-ring (bicyclic) bond motifs is 1. The SMILES string of the molecule is CO[C@@H]1C[C@@H](c2ncn[nH]2)N(CC(=O)N2CCc3ccccc3C2)C1. The van der Waals surface area contributed by atoms with Gasteiger partial charge in [-0.25, -0.2) is 4.98 Å². The van der Waals surface area contributed by atoms with Gasteiger partial charge in [-0.2, -0.15) is 5.10 Å². The van der Waals surface area contributed by atoms with Crippen LogP contribution in [-0.2, 0) is 22.5 Å². The topological polar surface area (TPSA) is 74.4 Å². The number of rotatable bonds is 4. The van der Waals surface area contributed by atoms with Crippen LogP contribution < -0.4 is 0 Å². The number of hydrogen-bond donors (Lipinski definition) is 1. The first-order valence-electron chi connectivity index (χ1n) is 8.71. The van der Waals surface area contributed by atoms with Gasteiger partial charge in [0.15, 0.2) is 0 Å². The first-order valence-corrected chi connectivity index (χ1v) is 8.71. The second kappa shape index (κ2) is 6.93. The minimum Gasteiger partial charge on any atom is -0.380 e. The Morgan fingerprint density at radius 1 is 1.36 bits per heavy atom. The lowest BCUT2D eigenvalue weighted by molar-refractivity contribution is -0.133. The van der Waals surface area contributed by atoms with E-state index in [4.69, 9.17) is 4.74 Å². The van der Waals surface area contributed by atoms with Gasteiger partial charge in [0, 0.05) is 26.7 Å². The summed E-state index contributed by atoms with van der Waals surface area (Å²) in [5.41, 5.74) is 2.61. The van der Waals surface area contributed by atoms with Crippen molar-refractivity contribution in [2.45, 2.75) is 31.5 Å². The van der Waals surface area contributed by atoms with Gasteiger partial charge in [0.05, 0.1) is 18.7 Å². The van der Waals surface area contributed by atoms with Crippen LogP contribution in [0.5, 0.6) is 0 Å². The predicted molar refractivity (Wildman–Crippen MR) is 91.7 cm³/mol. The van der Waals surface area contributed by atoms with E-state index in [2.05, 4.69) is 38.3 Å². The Hall–Kier alpha value is -2.25. The summed E-state index contributed by atoms with van der Waals surface area (Å²) in [5, 5.41) is 6.88. The maximum absolute atomic E-state index is 12.9. The second-order valence-electron chi connectivity index (χ2n) is 6.74. The van der Waals surface area contributed by atoms with Crippen LogP contribution in [0, 0.1) is 0 Å². The van der Waals surface area contributed by atoms with Gasteiger partial charge in [0.2, 0.25) is 5.91 Å². The van der Waals surface area contributed by atoms with Crippen molar-refractivity contribution in [1.82, 2.24) is 25.0 Å². The molecule has 1 fully saturated rings. The Morgan fingerprint density at radius 3 is 2.96 bits per heavy atom. The lowest BCUT2D eigenvalue weighted by atomic mass is 10.00. The van der Waals surface area contributed by atoms with Gasteiger partial charge in [-0.3, -0.25) is 14.8 Å². The fourth-order valence-electron chi connectivity index (χ4n) is 3.85. The van der Waals surface area contributed by atoms with Gasteiger partial charge in [-0.05, 0) is 24.0 Å². The summed E-state index contributed by atoms with van der Waals surface area (Å²) < 4.78 is 5.51. The number of benzene rings is 1. The number of aromatic nitrogens is 3. The molecule has 7 nitrogen and oxygen atoms in total. The van der Waals surface area contributed by atoms with E-state index in [1.54, 1.807) is 7.11 Å². The minimum atomic E-state index is 0.0495. The van der Waals surface area contributed by atoms with Crippen LogP contribution >= 0.6 is 0 Å². The minimum absolute atomic E-state index is 0.0495. The standard InChI is InChI=1S/C18H23N5O2/c1-25-15-8-16(18-19-12-20-21-18)23(10-15)11-17(24)22-7-6-13-4-2-3-5-14(13)9-22/h2-5,12,15-16H,6-11H2,1H3,(H,19,20,21)/t15-,16+/m1/s1. The molecule has 132 valence electrons. The molecule has 7 heteroatoms. The van der Waals surface area contributed by atoms with Gasteiger partial charge in [-0.15, -0.1) is 0 Å². The molecule has 0 spiro atoms. The molecule has 25 heavy (non-hydrogen) atoms. The van der Waals surface area contributed by atoms with E-state index in [1.165, 1.54) is 17.5 Å². The summed E-state index contributed by atoms with van der Waals surface area (Å²) in [6.45, 7) is 2.60. The van der Waals surface area contributed by atoms with E-state index < -0.39 is 0 Å². The highest BCUT2D eigenvalue weighted by molar-refractivity contribution is 5.78. The normalized spacial score (nSPS) is 23.6. The molecule has 0 bridgehead atoms. The zero-order valence-electron chi connectivity index (χ0n) is 14.4. The van der Waals surface area contributed by atoms with Crippen LogP contribution in [-0.4, -0.2) is 63.7 Å². The van der Waals surface area contributed by atoms with Crippen LogP contribution in [0.2, 0.25) is 0 Å². The molecule has 1 aromatic heterocycles. The number of carbonyl (C=O) groups excluding carboxylic acids is 1. The van der Waals surface area contributed by atoms with Crippen LogP contribution in [0.3, 0.4) is 0 Å². The number of hydrogen-bond acceptors (Lipinski definition) is 5.